The summed E-state index contributed by atoms with van der Waals surface area (Å²) in [5, 5.41) is 11.1. The molecule has 1 aromatic carbocycles. The molecule has 5 heteroatoms. The van der Waals surface area contributed by atoms with Crippen LogP contribution in [-0.2, 0) is 4.79 Å². The third-order valence-corrected chi connectivity index (χ3v) is 3.07. The molecule has 0 aromatic heterocycles. The fourth-order valence-electron chi connectivity index (χ4n) is 1.25. The first-order chi connectivity index (χ1) is 7.43. The second kappa shape index (κ2) is 5.29. The van der Waals surface area contributed by atoms with Crippen LogP contribution in [0.25, 0.3) is 0 Å². The maximum Gasteiger partial charge on any atom is 0.325 e. The molecule has 0 radical (unpaired) electrons. The van der Waals surface area contributed by atoms with Crippen LogP contribution in [0.15, 0.2) is 18.2 Å². The van der Waals surface area contributed by atoms with Crippen molar-refractivity contribution in [2.75, 3.05) is 0 Å². The predicted octanol–water partition coefficient (Wildman–Crippen LogP) is 1.80. The first kappa shape index (κ1) is 13.0. The third-order valence-electron chi connectivity index (χ3n) is 2.17. The lowest BCUT2D eigenvalue weighted by molar-refractivity contribution is -0.138. The molecule has 0 unspecified atom stereocenters. The Kier molecular flexibility index (Phi) is 4.28. The molecule has 0 aliphatic carbocycles. The molecule has 0 aliphatic heterocycles. The van der Waals surface area contributed by atoms with E-state index >= 15 is 0 Å². The van der Waals surface area contributed by atoms with Crippen LogP contribution in [0.3, 0.4) is 0 Å². The van der Waals surface area contributed by atoms with E-state index in [1.807, 2.05) is 25.1 Å². The fraction of sp³-hybridized carbons (Fsp3) is 0.273. The van der Waals surface area contributed by atoms with Gasteiger partial charge in [-0.25, -0.2) is 0 Å². The van der Waals surface area contributed by atoms with Crippen molar-refractivity contribution in [2.45, 2.75) is 19.9 Å². The van der Waals surface area contributed by atoms with Gasteiger partial charge >= 0.3 is 5.97 Å². The Bertz CT molecular complexity index is 411. The monoisotopic (exact) mass is 333 g/mol. The van der Waals surface area contributed by atoms with E-state index < -0.39 is 12.0 Å². The van der Waals surface area contributed by atoms with Crippen LogP contribution in [0.2, 0.25) is 0 Å². The van der Waals surface area contributed by atoms with Gasteiger partial charge in [0.15, 0.2) is 0 Å². The number of hydrogen-bond acceptors (Lipinski definition) is 2. The zero-order valence-corrected chi connectivity index (χ0v) is 11.1. The van der Waals surface area contributed by atoms with Gasteiger partial charge in [0.2, 0.25) is 0 Å². The minimum atomic E-state index is -1.04. The van der Waals surface area contributed by atoms with Crippen LogP contribution >= 0.6 is 22.6 Å². The van der Waals surface area contributed by atoms with Crippen LogP contribution in [0.1, 0.15) is 22.8 Å². The van der Waals surface area contributed by atoms with Crippen molar-refractivity contribution < 1.29 is 14.7 Å². The lowest BCUT2D eigenvalue weighted by Crippen LogP contribution is -2.38. The summed E-state index contributed by atoms with van der Waals surface area (Å²) in [6.45, 7) is 3.26. The summed E-state index contributed by atoms with van der Waals surface area (Å²) in [5.41, 5.74) is 1.37. The van der Waals surface area contributed by atoms with Crippen LogP contribution in [0.4, 0.5) is 0 Å². The summed E-state index contributed by atoms with van der Waals surface area (Å²) in [5.74, 6) is -1.39. The van der Waals surface area contributed by atoms with Crippen molar-refractivity contribution >= 4 is 34.5 Å². The van der Waals surface area contributed by atoms with Crippen LogP contribution in [0.5, 0.6) is 0 Å². The molecule has 1 atom stereocenters. The minimum Gasteiger partial charge on any atom is -0.480 e. The quantitative estimate of drug-likeness (QED) is 0.829. The van der Waals surface area contributed by atoms with E-state index in [2.05, 4.69) is 27.9 Å². The number of hydrogen-bond donors (Lipinski definition) is 2. The number of benzene rings is 1. The average Bonchev–Trinajstić information content (AvgIpc) is 2.16. The molecule has 86 valence electrons. The van der Waals surface area contributed by atoms with Gasteiger partial charge in [-0.2, -0.15) is 0 Å². The maximum absolute atomic E-state index is 11.8. The summed E-state index contributed by atoms with van der Waals surface area (Å²) < 4.78 is 0.813. The van der Waals surface area contributed by atoms with Gasteiger partial charge in [-0.1, -0.05) is 12.1 Å². The first-order valence-electron chi connectivity index (χ1n) is 4.72. The molecule has 16 heavy (non-hydrogen) atoms. The largest absolute Gasteiger partial charge is 0.480 e. The molecule has 0 fully saturated rings. The Morgan fingerprint density at radius 1 is 1.44 bits per heavy atom. The summed E-state index contributed by atoms with van der Waals surface area (Å²) in [4.78, 5) is 22.4. The molecule has 0 spiro atoms. The number of aliphatic carboxylic acids is 1. The van der Waals surface area contributed by atoms with Gasteiger partial charge < -0.3 is 10.4 Å². The van der Waals surface area contributed by atoms with Crippen molar-refractivity contribution in [1.29, 1.82) is 0 Å². The molecule has 1 aromatic rings. The molecule has 2 N–H and O–H groups in total. The Hall–Kier alpha value is -1.11. The average molecular weight is 333 g/mol. The van der Waals surface area contributed by atoms with E-state index in [0.29, 0.717) is 5.56 Å². The van der Waals surface area contributed by atoms with E-state index in [4.69, 9.17) is 5.11 Å². The molecule has 1 rings (SSSR count). The Balaban J connectivity index is 2.93. The fourth-order valence-corrected chi connectivity index (χ4v) is 2.13. The van der Waals surface area contributed by atoms with Gasteiger partial charge in [-0.3, -0.25) is 9.59 Å². The molecule has 4 nitrogen and oxygen atoms in total. The summed E-state index contributed by atoms with van der Waals surface area (Å²) in [7, 11) is 0. The summed E-state index contributed by atoms with van der Waals surface area (Å²) in [6.07, 6.45) is 0. The topological polar surface area (TPSA) is 66.4 Å². The molecule has 0 heterocycles. The second-order valence-corrected chi connectivity index (χ2v) is 4.63. The predicted molar refractivity (Wildman–Crippen MR) is 68.5 cm³/mol. The number of nitrogens with one attached hydrogen (secondary N) is 1. The Morgan fingerprint density at radius 2 is 2.06 bits per heavy atom. The highest BCUT2D eigenvalue weighted by Gasteiger charge is 2.18. The standard InChI is InChI=1S/C11H12INO3/c1-6-4-3-5-8(12)9(6)10(14)13-7(2)11(15)16/h3-5,7H,1-2H3,(H,13,14)(H,15,16)/t7-/m1/s1. The van der Waals surface area contributed by atoms with Gasteiger partial charge in [0, 0.05) is 3.57 Å². The van der Waals surface area contributed by atoms with Crippen molar-refractivity contribution in [2.24, 2.45) is 0 Å². The Morgan fingerprint density at radius 3 is 2.56 bits per heavy atom. The van der Waals surface area contributed by atoms with E-state index in [9.17, 15) is 9.59 Å². The Labute approximate surface area is 107 Å². The van der Waals surface area contributed by atoms with Crippen LogP contribution < -0.4 is 5.32 Å². The highest BCUT2D eigenvalue weighted by molar-refractivity contribution is 14.1. The van der Waals surface area contributed by atoms with E-state index in [1.54, 1.807) is 0 Å². The second-order valence-electron chi connectivity index (χ2n) is 3.47. The number of amides is 1. The number of carboxylic acids is 1. The molecular weight excluding hydrogens is 321 g/mol. The third kappa shape index (κ3) is 2.94. The number of rotatable bonds is 3. The van der Waals surface area contributed by atoms with E-state index in [0.717, 1.165) is 9.13 Å². The lowest BCUT2D eigenvalue weighted by Gasteiger charge is -2.12. The molecule has 0 saturated heterocycles. The van der Waals surface area contributed by atoms with Gasteiger partial charge in [0.1, 0.15) is 6.04 Å². The van der Waals surface area contributed by atoms with Gasteiger partial charge in [0.05, 0.1) is 5.56 Å². The van der Waals surface area contributed by atoms with E-state index in [-0.39, 0.29) is 5.91 Å². The van der Waals surface area contributed by atoms with E-state index in [1.165, 1.54) is 6.92 Å². The highest BCUT2D eigenvalue weighted by Crippen LogP contribution is 2.16. The van der Waals surface area contributed by atoms with Crippen molar-refractivity contribution in [3.05, 3.63) is 32.9 Å². The lowest BCUT2D eigenvalue weighted by atomic mass is 10.1. The number of carbonyl (C=O) groups excluding carboxylic acids is 1. The molecule has 0 bridgehead atoms. The summed E-state index contributed by atoms with van der Waals surface area (Å²) in [6, 6.07) is 4.60. The number of halogens is 1. The molecule has 1 amide bonds. The highest BCUT2D eigenvalue weighted by atomic mass is 127. The van der Waals surface area contributed by atoms with Gasteiger partial charge in [0.25, 0.3) is 5.91 Å². The minimum absolute atomic E-state index is 0.350. The first-order valence-corrected chi connectivity index (χ1v) is 5.80. The molecule has 0 saturated carbocycles. The maximum atomic E-state index is 11.8. The number of aryl methyl sites for hydroxylation is 1. The summed E-state index contributed by atoms with van der Waals surface area (Å²) >= 11 is 2.06. The zero-order chi connectivity index (χ0) is 12.3. The van der Waals surface area contributed by atoms with Crippen molar-refractivity contribution in [3.8, 4) is 0 Å². The van der Waals surface area contributed by atoms with Crippen molar-refractivity contribution in [1.82, 2.24) is 5.32 Å². The SMILES string of the molecule is Cc1cccc(I)c1C(=O)N[C@H](C)C(=O)O. The van der Waals surface area contributed by atoms with Crippen molar-refractivity contribution in [3.63, 3.8) is 0 Å². The van der Waals surface area contributed by atoms with Crippen LogP contribution in [0, 0.1) is 10.5 Å². The number of carboxylic acid groups (broad SMARTS) is 1. The zero-order valence-electron chi connectivity index (χ0n) is 8.95. The van der Waals surface area contributed by atoms with Gasteiger partial charge in [-0.05, 0) is 48.1 Å². The van der Waals surface area contributed by atoms with Crippen LogP contribution in [-0.4, -0.2) is 23.0 Å². The normalized spacial score (nSPS) is 11.9. The van der Waals surface area contributed by atoms with Gasteiger partial charge in [-0.15, -0.1) is 0 Å². The molecular formula is C11H12INO3. The molecule has 0 aliphatic rings. The number of carbonyl (C=O) groups is 2. The smallest absolute Gasteiger partial charge is 0.325 e.